The maximum Gasteiger partial charge on any atom is 0.227 e. The summed E-state index contributed by atoms with van der Waals surface area (Å²) in [5, 5.41) is 10.6. The lowest BCUT2D eigenvalue weighted by molar-refractivity contribution is -0.120. The van der Waals surface area contributed by atoms with Gasteiger partial charge >= 0.3 is 0 Å². The van der Waals surface area contributed by atoms with Crippen molar-refractivity contribution in [3.05, 3.63) is 72.4 Å². The molecule has 5 heterocycles. The number of fused-ring (bicyclic) bond motifs is 2. The summed E-state index contributed by atoms with van der Waals surface area (Å²) in [6.07, 6.45) is 10.3. The lowest BCUT2D eigenvalue weighted by Gasteiger charge is -2.20. The Morgan fingerprint density at radius 2 is 1.78 bits per heavy atom. The van der Waals surface area contributed by atoms with E-state index in [1.54, 1.807) is 18.6 Å². The number of carbonyl (C=O) groups is 1. The van der Waals surface area contributed by atoms with E-state index in [0.717, 1.165) is 47.8 Å². The number of rotatable bonds is 5. The number of nitrogens with zero attached hydrogens (tertiary/aromatic N) is 5. The van der Waals surface area contributed by atoms with Crippen molar-refractivity contribution in [2.45, 2.75) is 39.0 Å². The van der Waals surface area contributed by atoms with Crippen LogP contribution in [0.2, 0.25) is 0 Å². The number of H-pyrrole nitrogens is 2. The molecule has 6 aromatic rings. The molecule has 0 radical (unpaired) electrons. The van der Waals surface area contributed by atoms with Gasteiger partial charge in [-0.3, -0.25) is 19.9 Å². The molecule has 204 valence electrons. The van der Waals surface area contributed by atoms with E-state index in [9.17, 15) is 9.18 Å². The molecule has 0 unspecified atom stereocenters. The smallest absolute Gasteiger partial charge is 0.227 e. The van der Waals surface area contributed by atoms with Crippen LogP contribution >= 0.6 is 0 Å². The highest BCUT2D eigenvalue weighted by Gasteiger charge is 2.22. The van der Waals surface area contributed by atoms with Crippen molar-refractivity contribution in [2.75, 3.05) is 5.32 Å². The average Bonchev–Trinajstić information content (AvgIpc) is 3.61. The summed E-state index contributed by atoms with van der Waals surface area (Å²) in [7, 11) is 0. The van der Waals surface area contributed by atoms with Gasteiger partial charge in [0.05, 0.1) is 34.3 Å². The van der Waals surface area contributed by atoms with Crippen LogP contribution in [0.15, 0.2) is 61.1 Å². The maximum absolute atomic E-state index is 14.2. The Balaban J connectivity index is 1.23. The Morgan fingerprint density at radius 3 is 2.63 bits per heavy atom. The van der Waals surface area contributed by atoms with Gasteiger partial charge in [0, 0.05) is 29.4 Å². The highest BCUT2D eigenvalue weighted by molar-refractivity contribution is 5.96. The molecule has 5 aromatic heterocycles. The molecule has 41 heavy (non-hydrogen) atoms. The van der Waals surface area contributed by atoms with Gasteiger partial charge in [0.15, 0.2) is 11.5 Å². The lowest BCUT2D eigenvalue weighted by atomic mass is 9.88. The standard InChI is InChI=1S/C31H27FN8O/c1-17-11-19(13-21(32)12-17)26-27-24(9-10-34-26)37-30(38-27)29-28-25(39-40-29)8-7-23(36-28)20-14-22(16-33-15-20)35-31(41)18-5-3-2-4-6-18/h7-16,18H,2-6H2,1H3,(H,35,41)(H,37,38)(H,39,40). The normalized spacial score (nSPS) is 14.1. The Hall–Kier alpha value is -4.99. The van der Waals surface area contributed by atoms with Crippen molar-refractivity contribution in [1.82, 2.24) is 35.1 Å². The molecule has 1 aliphatic rings. The first kappa shape index (κ1) is 25.0. The quantitative estimate of drug-likeness (QED) is 0.224. The Bertz CT molecular complexity index is 1900. The van der Waals surface area contributed by atoms with E-state index in [0.29, 0.717) is 45.2 Å². The number of aromatic nitrogens is 7. The minimum absolute atomic E-state index is 0.0522. The van der Waals surface area contributed by atoms with Gasteiger partial charge in [0.25, 0.3) is 0 Å². The van der Waals surface area contributed by atoms with Crippen LogP contribution in [0.4, 0.5) is 10.1 Å². The third kappa shape index (κ3) is 4.82. The molecular formula is C31H27FN8O. The molecule has 3 N–H and O–H groups in total. The number of aromatic amines is 2. The second-order valence-corrected chi connectivity index (χ2v) is 10.6. The molecule has 0 spiro atoms. The fourth-order valence-electron chi connectivity index (χ4n) is 5.61. The van der Waals surface area contributed by atoms with E-state index in [-0.39, 0.29) is 17.6 Å². The van der Waals surface area contributed by atoms with Gasteiger partial charge in [-0.2, -0.15) is 5.10 Å². The predicted molar refractivity (Wildman–Crippen MR) is 155 cm³/mol. The fourth-order valence-corrected chi connectivity index (χ4v) is 5.61. The zero-order valence-corrected chi connectivity index (χ0v) is 22.4. The van der Waals surface area contributed by atoms with Crippen LogP contribution in [0.3, 0.4) is 0 Å². The van der Waals surface area contributed by atoms with Crippen LogP contribution in [0.25, 0.3) is 56.1 Å². The van der Waals surface area contributed by atoms with Gasteiger partial charge in [-0.15, -0.1) is 0 Å². The largest absolute Gasteiger partial charge is 0.336 e. The minimum atomic E-state index is -0.323. The summed E-state index contributed by atoms with van der Waals surface area (Å²) in [6.45, 7) is 1.84. The molecule has 10 heteroatoms. The summed E-state index contributed by atoms with van der Waals surface area (Å²) in [4.78, 5) is 34.7. The number of hydrogen-bond donors (Lipinski definition) is 3. The van der Waals surface area contributed by atoms with Gasteiger partial charge in [-0.1, -0.05) is 19.3 Å². The molecule has 0 atom stereocenters. The van der Waals surface area contributed by atoms with E-state index in [1.165, 1.54) is 18.6 Å². The SMILES string of the molecule is Cc1cc(F)cc(-c2nccc3[nH]c(-c4n[nH]c5ccc(-c6cncc(NC(=O)C7CCCCC7)c6)nc45)nc23)c1. The van der Waals surface area contributed by atoms with E-state index >= 15 is 0 Å². The molecule has 1 fully saturated rings. The maximum atomic E-state index is 14.2. The van der Waals surface area contributed by atoms with Gasteiger partial charge in [0.2, 0.25) is 5.91 Å². The first-order valence-electron chi connectivity index (χ1n) is 13.8. The Labute approximate surface area is 234 Å². The van der Waals surface area contributed by atoms with Crippen LogP contribution in [0, 0.1) is 18.7 Å². The van der Waals surface area contributed by atoms with Crippen LogP contribution in [-0.4, -0.2) is 41.0 Å². The summed E-state index contributed by atoms with van der Waals surface area (Å²) >= 11 is 0. The molecule has 1 amide bonds. The van der Waals surface area contributed by atoms with Crippen molar-refractivity contribution in [1.29, 1.82) is 0 Å². The van der Waals surface area contributed by atoms with E-state index < -0.39 is 0 Å². The van der Waals surface area contributed by atoms with Crippen LogP contribution in [0.1, 0.15) is 37.7 Å². The number of carbonyl (C=O) groups excluding carboxylic acids is 1. The summed E-state index contributed by atoms with van der Waals surface area (Å²) < 4.78 is 14.2. The number of pyridine rings is 3. The molecule has 7 rings (SSSR count). The number of halogens is 1. The highest BCUT2D eigenvalue weighted by Crippen LogP contribution is 2.32. The predicted octanol–water partition coefficient (Wildman–Crippen LogP) is 6.59. The zero-order valence-electron chi connectivity index (χ0n) is 22.4. The lowest BCUT2D eigenvalue weighted by Crippen LogP contribution is -2.24. The molecule has 1 aliphatic carbocycles. The summed E-state index contributed by atoms with van der Waals surface area (Å²) in [5.74, 6) is 0.303. The number of anilines is 1. The van der Waals surface area contributed by atoms with Crippen LogP contribution in [-0.2, 0) is 4.79 Å². The number of amides is 1. The van der Waals surface area contributed by atoms with E-state index in [2.05, 4.69) is 30.5 Å². The average molecular weight is 547 g/mol. The molecule has 1 saturated carbocycles. The second-order valence-electron chi connectivity index (χ2n) is 10.6. The van der Waals surface area contributed by atoms with Crippen molar-refractivity contribution < 1.29 is 9.18 Å². The van der Waals surface area contributed by atoms with Crippen LogP contribution < -0.4 is 5.32 Å². The van der Waals surface area contributed by atoms with Gasteiger partial charge < -0.3 is 10.3 Å². The van der Waals surface area contributed by atoms with Gasteiger partial charge in [-0.05, 0) is 67.8 Å². The third-order valence-electron chi connectivity index (χ3n) is 7.63. The summed E-state index contributed by atoms with van der Waals surface area (Å²) in [6, 6.07) is 12.3. The molecule has 0 saturated heterocycles. The molecular weight excluding hydrogens is 519 g/mol. The van der Waals surface area contributed by atoms with Crippen molar-refractivity contribution >= 4 is 33.7 Å². The van der Waals surface area contributed by atoms with E-state index in [1.807, 2.05) is 37.3 Å². The number of nitrogens with one attached hydrogen (secondary N) is 3. The fraction of sp³-hybridized carbons (Fsp3) is 0.226. The first-order chi connectivity index (χ1) is 20.0. The first-order valence-corrected chi connectivity index (χ1v) is 13.8. The Kier molecular flexibility index (Phi) is 6.22. The van der Waals surface area contributed by atoms with Crippen LogP contribution in [0.5, 0.6) is 0 Å². The molecule has 0 aliphatic heterocycles. The molecule has 1 aromatic carbocycles. The van der Waals surface area contributed by atoms with Crippen molar-refractivity contribution in [3.8, 4) is 34.0 Å². The van der Waals surface area contributed by atoms with Gasteiger partial charge in [-0.25, -0.2) is 14.4 Å². The van der Waals surface area contributed by atoms with Crippen molar-refractivity contribution in [2.24, 2.45) is 5.92 Å². The number of aryl methyl sites for hydroxylation is 1. The highest BCUT2D eigenvalue weighted by atomic mass is 19.1. The zero-order chi connectivity index (χ0) is 27.9. The number of benzene rings is 1. The second kappa shape index (κ2) is 10.2. The molecule has 9 nitrogen and oxygen atoms in total. The van der Waals surface area contributed by atoms with E-state index in [4.69, 9.17) is 9.97 Å². The van der Waals surface area contributed by atoms with Crippen molar-refractivity contribution in [3.63, 3.8) is 0 Å². The minimum Gasteiger partial charge on any atom is -0.336 e. The number of imidazole rings is 1. The molecule has 0 bridgehead atoms. The number of hydrogen-bond acceptors (Lipinski definition) is 6. The monoisotopic (exact) mass is 546 g/mol. The summed E-state index contributed by atoms with van der Waals surface area (Å²) in [5.41, 5.74) is 7.46. The topological polar surface area (TPSA) is 125 Å². The Morgan fingerprint density at radius 1 is 0.927 bits per heavy atom. The third-order valence-corrected chi connectivity index (χ3v) is 7.63. The van der Waals surface area contributed by atoms with Gasteiger partial charge in [0.1, 0.15) is 16.9 Å².